The lowest BCUT2D eigenvalue weighted by atomic mass is 10.0. The minimum absolute atomic E-state index is 0.178. The van der Waals surface area contributed by atoms with Gasteiger partial charge < -0.3 is 24.7 Å². The molecule has 29 heavy (non-hydrogen) atoms. The van der Waals surface area contributed by atoms with Crippen LogP contribution in [-0.2, 0) is 17.7 Å². The van der Waals surface area contributed by atoms with Crippen molar-refractivity contribution in [2.45, 2.75) is 51.3 Å². The summed E-state index contributed by atoms with van der Waals surface area (Å²) in [5.41, 5.74) is 1.18. The number of aryl methyl sites for hydroxylation is 1. The van der Waals surface area contributed by atoms with Gasteiger partial charge >= 0.3 is 0 Å². The Balaban J connectivity index is 1.41. The lowest BCUT2D eigenvalue weighted by Crippen LogP contribution is -2.42. The molecule has 8 nitrogen and oxygen atoms in total. The lowest BCUT2D eigenvalue weighted by molar-refractivity contribution is 0.117. The van der Waals surface area contributed by atoms with Crippen LogP contribution in [0.3, 0.4) is 0 Å². The van der Waals surface area contributed by atoms with Crippen LogP contribution in [0.4, 0.5) is 0 Å². The highest BCUT2D eigenvalue weighted by Gasteiger charge is 2.22. The summed E-state index contributed by atoms with van der Waals surface area (Å²) in [5, 5.41) is 15.2. The van der Waals surface area contributed by atoms with Crippen LogP contribution in [0.1, 0.15) is 43.6 Å². The summed E-state index contributed by atoms with van der Waals surface area (Å²) in [7, 11) is 0. The molecule has 2 unspecified atom stereocenters. The number of guanidine groups is 1. The van der Waals surface area contributed by atoms with E-state index in [1.54, 1.807) is 6.33 Å². The summed E-state index contributed by atoms with van der Waals surface area (Å²) in [6.07, 6.45) is 5.99. The monoisotopic (exact) mass is 398 g/mol. The van der Waals surface area contributed by atoms with Crippen molar-refractivity contribution in [1.29, 1.82) is 0 Å². The minimum atomic E-state index is 0.178. The molecule has 156 valence electrons. The number of rotatable bonds is 7. The molecule has 2 atom stereocenters. The van der Waals surface area contributed by atoms with Crippen molar-refractivity contribution in [3.8, 4) is 5.75 Å². The molecule has 2 N–H and O–H groups in total. The normalized spacial score (nSPS) is 21.5. The predicted molar refractivity (Wildman–Crippen MR) is 111 cm³/mol. The highest BCUT2D eigenvalue weighted by molar-refractivity contribution is 5.80. The van der Waals surface area contributed by atoms with Crippen LogP contribution >= 0.6 is 0 Å². The van der Waals surface area contributed by atoms with E-state index in [9.17, 15) is 0 Å². The highest BCUT2D eigenvalue weighted by atomic mass is 16.5. The Bertz CT molecular complexity index is 815. The minimum Gasteiger partial charge on any atom is -0.493 e. The predicted octanol–water partition coefficient (Wildman–Crippen LogP) is 2.08. The maximum atomic E-state index is 5.79. The van der Waals surface area contributed by atoms with Gasteiger partial charge in [0.15, 0.2) is 5.96 Å². The van der Waals surface area contributed by atoms with Crippen LogP contribution in [0.2, 0.25) is 0 Å². The summed E-state index contributed by atoms with van der Waals surface area (Å²) < 4.78 is 13.6. The van der Waals surface area contributed by atoms with E-state index in [2.05, 4.69) is 44.5 Å². The fourth-order valence-electron chi connectivity index (χ4n) is 3.83. The molecular formula is C21H30N6O2. The van der Waals surface area contributed by atoms with Crippen LogP contribution in [0.5, 0.6) is 5.75 Å². The van der Waals surface area contributed by atoms with E-state index < -0.39 is 0 Å². The Morgan fingerprint density at radius 1 is 1.28 bits per heavy atom. The number of ether oxygens (including phenoxy) is 2. The Morgan fingerprint density at radius 3 is 3.07 bits per heavy atom. The van der Waals surface area contributed by atoms with Gasteiger partial charge in [0, 0.05) is 38.1 Å². The Morgan fingerprint density at radius 2 is 2.21 bits per heavy atom. The molecule has 0 saturated carbocycles. The molecule has 2 aliphatic heterocycles. The maximum Gasteiger partial charge on any atom is 0.191 e. The molecule has 0 aliphatic carbocycles. The number of aliphatic imine (C=N–C) groups is 1. The Kier molecular flexibility index (Phi) is 6.61. The van der Waals surface area contributed by atoms with E-state index in [4.69, 9.17) is 14.5 Å². The molecule has 1 saturated heterocycles. The molecule has 0 bridgehead atoms. The number of benzene rings is 1. The van der Waals surface area contributed by atoms with Gasteiger partial charge in [-0.3, -0.25) is 4.99 Å². The third-order valence-electron chi connectivity index (χ3n) is 5.40. The first-order valence-corrected chi connectivity index (χ1v) is 10.6. The van der Waals surface area contributed by atoms with Crippen LogP contribution in [0, 0.1) is 0 Å². The Labute approximate surface area is 171 Å². The number of hydrogen-bond donors (Lipinski definition) is 2. The van der Waals surface area contributed by atoms with Crippen molar-refractivity contribution in [1.82, 2.24) is 25.4 Å². The number of fused-ring (bicyclic) bond motifs is 1. The molecule has 2 aliphatic rings. The first-order valence-electron chi connectivity index (χ1n) is 10.6. The van der Waals surface area contributed by atoms with Gasteiger partial charge in [0.1, 0.15) is 17.9 Å². The first-order chi connectivity index (χ1) is 14.3. The van der Waals surface area contributed by atoms with Gasteiger partial charge in [0.25, 0.3) is 0 Å². The second kappa shape index (κ2) is 9.73. The van der Waals surface area contributed by atoms with Gasteiger partial charge in [0.05, 0.1) is 25.3 Å². The number of aromatic nitrogens is 3. The van der Waals surface area contributed by atoms with Crippen molar-refractivity contribution < 1.29 is 9.47 Å². The molecule has 4 rings (SSSR count). The van der Waals surface area contributed by atoms with Crippen molar-refractivity contribution in [2.24, 2.45) is 4.99 Å². The molecule has 0 radical (unpaired) electrons. The molecule has 2 aromatic rings. The van der Waals surface area contributed by atoms with Crippen molar-refractivity contribution in [3.05, 3.63) is 42.0 Å². The molecule has 1 fully saturated rings. The molecule has 0 spiro atoms. The van der Waals surface area contributed by atoms with E-state index >= 15 is 0 Å². The van der Waals surface area contributed by atoms with Crippen LogP contribution in [-0.4, -0.2) is 53.1 Å². The van der Waals surface area contributed by atoms with Crippen LogP contribution in [0.15, 0.2) is 35.6 Å². The van der Waals surface area contributed by atoms with Gasteiger partial charge in [-0.2, -0.15) is 0 Å². The molecule has 3 heterocycles. The van der Waals surface area contributed by atoms with Crippen molar-refractivity contribution in [2.75, 3.05) is 26.3 Å². The zero-order valence-corrected chi connectivity index (χ0v) is 17.0. The first kappa shape index (κ1) is 19.7. The average Bonchev–Trinajstić information content (AvgIpc) is 3.44. The fraction of sp³-hybridized carbons (Fsp3) is 0.571. The van der Waals surface area contributed by atoms with E-state index in [1.165, 1.54) is 5.56 Å². The van der Waals surface area contributed by atoms with E-state index in [-0.39, 0.29) is 12.1 Å². The zero-order chi connectivity index (χ0) is 19.9. The molecular weight excluding hydrogens is 368 g/mol. The van der Waals surface area contributed by atoms with Crippen molar-refractivity contribution in [3.63, 3.8) is 0 Å². The average molecular weight is 399 g/mol. The molecule has 1 aromatic carbocycles. The number of nitrogens with one attached hydrogen (secondary N) is 2. The molecule has 0 amide bonds. The van der Waals surface area contributed by atoms with Gasteiger partial charge in [-0.05, 0) is 18.9 Å². The number of hydrogen-bond acceptors (Lipinski definition) is 5. The van der Waals surface area contributed by atoms with Crippen LogP contribution in [0.25, 0.3) is 0 Å². The summed E-state index contributed by atoms with van der Waals surface area (Å²) in [4.78, 5) is 4.82. The fourth-order valence-corrected chi connectivity index (χ4v) is 3.83. The topological polar surface area (TPSA) is 85.6 Å². The standard InChI is InChI=1S/C21H30N6O2/c1-2-20-26-24-15-27(20)11-10-22-21(23-14-16-6-5-12-28-16)25-18-9-13-29-19-8-4-3-7-17(18)19/h3-4,7-8,15-16,18H,2,5-6,9-14H2,1H3,(H2,22,23,25). The van der Waals surface area contributed by atoms with Gasteiger partial charge in [-0.1, -0.05) is 25.1 Å². The quantitative estimate of drug-likeness (QED) is 0.549. The molecule has 8 heteroatoms. The number of nitrogens with zero attached hydrogens (tertiary/aromatic N) is 4. The Hall–Kier alpha value is -2.61. The van der Waals surface area contributed by atoms with Gasteiger partial charge in [-0.15, -0.1) is 10.2 Å². The van der Waals surface area contributed by atoms with Gasteiger partial charge in [-0.25, -0.2) is 0 Å². The molecule has 1 aromatic heterocycles. The van der Waals surface area contributed by atoms with E-state index in [0.717, 1.165) is 62.9 Å². The smallest absolute Gasteiger partial charge is 0.191 e. The van der Waals surface area contributed by atoms with E-state index in [0.29, 0.717) is 13.2 Å². The summed E-state index contributed by atoms with van der Waals surface area (Å²) in [6.45, 7) is 5.85. The van der Waals surface area contributed by atoms with Gasteiger partial charge in [0.2, 0.25) is 0 Å². The van der Waals surface area contributed by atoms with Crippen molar-refractivity contribution >= 4 is 5.96 Å². The third kappa shape index (κ3) is 5.06. The second-order valence-electron chi connectivity index (χ2n) is 7.42. The SMILES string of the molecule is CCc1nncn1CCNC(=NCC1CCCO1)NC1CCOc2ccccc21. The summed E-state index contributed by atoms with van der Waals surface area (Å²) in [6, 6.07) is 8.39. The lowest BCUT2D eigenvalue weighted by Gasteiger charge is -2.28. The maximum absolute atomic E-state index is 5.79. The number of para-hydroxylation sites is 1. The third-order valence-corrected chi connectivity index (χ3v) is 5.40. The largest absolute Gasteiger partial charge is 0.493 e. The zero-order valence-electron chi connectivity index (χ0n) is 17.0. The highest BCUT2D eigenvalue weighted by Crippen LogP contribution is 2.31. The summed E-state index contributed by atoms with van der Waals surface area (Å²) >= 11 is 0. The summed E-state index contributed by atoms with van der Waals surface area (Å²) in [5.74, 6) is 2.76. The van der Waals surface area contributed by atoms with Crippen LogP contribution < -0.4 is 15.4 Å². The second-order valence-corrected chi connectivity index (χ2v) is 7.42. The van der Waals surface area contributed by atoms with E-state index in [1.807, 2.05) is 12.1 Å².